The number of thioether (sulfide) groups is 1. The van der Waals surface area contributed by atoms with Crippen LogP contribution in [-0.4, -0.2) is 55.5 Å². The lowest BCUT2D eigenvalue weighted by molar-refractivity contribution is -0.141. The maximum atomic E-state index is 11.2. The molecule has 0 aromatic carbocycles. The maximum Gasteiger partial charge on any atom is 0.326 e. The van der Waals surface area contributed by atoms with Crippen LogP contribution in [0.2, 0.25) is 0 Å². The van der Waals surface area contributed by atoms with Crippen LogP contribution < -0.4 is 5.32 Å². The van der Waals surface area contributed by atoms with Gasteiger partial charge in [-0.25, -0.2) is 13.2 Å². The van der Waals surface area contributed by atoms with Gasteiger partial charge in [0, 0.05) is 6.26 Å². The summed E-state index contributed by atoms with van der Waals surface area (Å²) in [5.74, 6) is -2.04. The molecule has 0 heterocycles. The fourth-order valence-electron chi connectivity index (χ4n) is 0.967. The predicted molar refractivity (Wildman–Crippen MR) is 62.3 cm³/mol. The van der Waals surface area contributed by atoms with E-state index >= 15 is 0 Å². The van der Waals surface area contributed by atoms with Crippen LogP contribution in [0.3, 0.4) is 0 Å². The van der Waals surface area contributed by atoms with Crippen molar-refractivity contribution in [2.45, 2.75) is 12.5 Å². The number of hydrogen-bond acceptors (Lipinski definition) is 5. The molecule has 0 aromatic rings. The third kappa shape index (κ3) is 7.52. The molecule has 0 aromatic heterocycles. The van der Waals surface area contributed by atoms with Gasteiger partial charge in [0.15, 0.2) is 9.84 Å². The second kappa shape index (κ2) is 6.74. The maximum absolute atomic E-state index is 11.2. The van der Waals surface area contributed by atoms with Crippen molar-refractivity contribution < 1.29 is 23.1 Å². The first kappa shape index (κ1) is 15.2. The molecule has 1 atom stereocenters. The highest BCUT2D eigenvalue weighted by molar-refractivity contribution is 7.98. The molecule has 6 nitrogen and oxygen atoms in total. The van der Waals surface area contributed by atoms with Crippen LogP contribution in [0.25, 0.3) is 0 Å². The summed E-state index contributed by atoms with van der Waals surface area (Å²) < 4.78 is 21.6. The Hall–Kier alpha value is -0.760. The number of carboxylic acid groups (broad SMARTS) is 1. The van der Waals surface area contributed by atoms with E-state index < -0.39 is 33.5 Å². The quantitative estimate of drug-likeness (QED) is 0.637. The molecule has 2 N–H and O–H groups in total. The molecule has 0 saturated carbocycles. The monoisotopic (exact) mass is 269 g/mol. The van der Waals surface area contributed by atoms with Crippen molar-refractivity contribution in [3.8, 4) is 0 Å². The minimum Gasteiger partial charge on any atom is -0.480 e. The average Bonchev–Trinajstić information content (AvgIpc) is 2.08. The fraction of sp³-hybridized carbons (Fsp3) is 0.750. The second-order valence-electron chi connectivity index (χ2n) is 3.31. The Kier molecular flexibility index (Phi) is 6.42. The summed E-state index contributed by atoms with van der Waals surface area (Å²) in [7, 11) is -3.43. The number of sulfone groups is 1. The van der Waals surface area contributed by atoms with Crippen LogP contribution in [0.1, 0.15) is 6.42 Å². The van der Waals surface area contributed by atoms with Gasteiger partial charge < -0.3 is 10.4 Å². The number of nitrogens with one attached hydrogen (secondary N) is 1. The number of carbonyl (C=O) groups excluding carboxylic acids is 1. The molecule has 16 heavy (non-hydrogen) atoms. The molecule has 0 bridgehead atoms. The molecule has 0 unspecified atom stereocenters. The largest absolute Gasteiger partial charge is 0.480 e. The fourth-order valence-corrected chi connectivity index (χ4v) is 2.00. The summed E-state index contributed by atoms with van der Waals surface area (Å²) in [5.41, 5.74) is 0. The summed E-state index contributed by atoms with van der Waals surface area (Å²) >= 11 is 1.45. The highest BCUT2D eigenvalue weighted by Crippen LogP contribution is 2.01. The van der Waals surface area contributed by atoms with Gasteiger partial charge in [0.25, 0.3) is 0 Å². The van der Waals surface area contributed by atoms with E-state index in [2.05, 4.69) is 5.32 Å². The lowest BCUT2D eigenvalue weighted by Crippen LogP contribution is -2.43. The standard InChI is InChI=1S/C8H15NO5S2/c1-15-4-3-6(8(11)12)9-7(10)5-16(2,13)14/h6H,3-5H2,1-2H3,(H,9,10)(H,11,12)/t6-/m0/s1. The van der Waals surface area contributed by atoms with Crippen LogP contribution in [0, 0.1) is 0 Å². The molecule has 0 radical (unpaired) electrons. The molecular weight excluding hydrogens is 254 g/mol. The Balaban J connectivity index is 4.29. The van der Waals surface area contributed by atoms with Crippen molar-refractivity contribution in [2.75, 3.05) is 24.0 Å². The van der Waals surface area contributed by atoms with Crippen LogP contribution in [0.4, 0.5) is 0 Å². The Morgan fingerprint density at radius 1 is 1.44 bits per heavy atom. The first-order valence-electron chi connectivity index (χ1n) is 4.45. The van der Waals surface area contributed by atoms with Gasteiger partial charge in [0.1, 0.15) is 11.8 Å². The SMILES string of the molecule is CSCC[C@H](NC(=O)CS(C)(=O)=O)C(=O)O. The van der Waals surface area contributed by atoms with Gasteiger partial charge in [-0.3, -0.25) is 4.79 Å². The first-order chi connectivity index (χ1) is 7.26. The van der Waals surface area contributed by atoms with Gasteiger partial charge >= 0.3 is 5.97 Å². The Labute approximate surface area is 98.7 Å². The second-order valence-corrected chi connectivity index (χ2v) is 6.44. The minimum atomic E-state index is -3.43. The molecule has 0 spiro atoms. The summed E-state index contributed by atoms with van der Waals surface area (Å²) in [6, 6.07) is -1.03. The Morgan fingerprint density at radius 2 is 2.00 bits per heavy atom. The predicted octanol–water partition coefficient (Wildman–Crippen LogP) is -0.646. The van der Waals surface area contributed by atoms with Crippen molar-refractivity contribution in [3.63, 3.8) is 0 Å². The molecule has 0 saturated heterocycles. The number of carboxylic acids is 1. The molecule has 8 heteroatoms. The van der Waals surface area contributed by atoms with E-state index in [1.54, 1.807) is 0 Å². The summed E-state index contributed by atoms with van der Waals surface area (Å²) in [6.45, 7) is 0. The molecular formula is C8H15NO5S2. The summed E-state index contributed by atoms with van der Waals surface area (Å²) in [4.78, 5) is 21.9. The van der Waals surface area contributed by atoms with E-state index in [-0.39, 0.29) is 6.42 Å². The highest BCUT2D eigenvalue weighted by atomic mass is 32.2. The third-order valence-electron chi connectivity index (χ3n) is 1.64. The van der Waals surface area contributed by atoms with Gasteiger partial charge in [-0.15, -0.1) is 0 Å². The third-order valence-corrected chi connectivity index (χ3v) is 3.07. The van der Waals surface area contributed by atoms with E-state index in [0.29, 0.717) is 5.75 Å². The molecule has 0 rings (SSSR count). The number of rotatable bonds is 7. The van der Waals surface area contributed by atoms with Crippen molar-refractivity contribution in [1.82, 2.24) is 5.32 Å². The lowest BCUT2D eigenvalue weighted by atomic mass is 10.2. The normalized spacial score (nSPS) is 13.1. The zero-order valence-corrected chi connectivity index (χ0v) is 10.7. The number of hydrogen-bond donors (Lipinski definition) is 2. The van der Waals surface area contributed by atoms with Gasteiger partial charge in [-0.05, 0) is 18.4 Å². The zero-order valence-electron chi connectivity index (χ0n) is 9.10. The van der Waals surface area contributed by atoms with Crippen molar-refractivity contribution in [2.24, 2.45) is 0 Å². The molecule has 1 amide bonds. The van der Waals surface area contributed by atoms with Crippen molar-refractivity contribution >= 4 is 33.5 Å². The van der Waals surface area contributed by atoms with E-state index in [1.807, 2.05) is 6.26 Å². The summed E-state index contributed by atoms with van der Waals surface area (Å²) in [6.07, 6.45) is 3.01. The van der Waals surface area contributed by atoms with E-state index in [9.17, 15) is 18.0 Å². The van der Waals surface area contributed by atoms with E-state index in [1.165, 1.54) is 11.8 Å². The Morgan fingerprint density at radius 3 is 2.38 bits per heavy atom. The Bertz CT molecular complexity index is 351. The van der Waals surface area contributed by atoms with Gasteiger partial charge in [-0.2, -0.15) is 11.8 Å². The van der Waals surface area contributed by atoms with Crippen molar-refractivity contribution in [1.29, 1.82) is 0 Å². The minimum absolute atomic E-state index is 0.270. The number of carbonyl (C=O) groups is 2. The zero-order chi connectivity index (χ0) is 12.8. The number of aliphatic carboxylic acids is 1. The first-order valence-corrected chi connectivity index (χ1v) is 7.90. The van der Waals surface area contributed by atoms with Gasteiger partial charge in [0.05, 0.1) is 0 Å². The molecule has 0 fully saturated rings. The smallest absolute Gasteiger partial charge is 0.326 e. The topological polar surface area (TPSA) is 101 Å². The van der Waals surface area contributed by atoms with Crippen molar-refractivity contribution in [3.05, 3.63) is 0 Å². The van der Waals surface area contributed by atoms with Gasteiger partial charge in [0.2, 0.25) is 5.91 Å². The summed E-state index contributed by atoms with van der Waals surface area (Å²) in [5, 5.41) is 11.0. The van der Waals surface area contributed by atoms with Crippen LogP contribution in [0.5, 0.6) is 0 Å². The average molecular weight is 269 g/mol. The van der Waals surface area contributed by atoms with Gasteiger partial charge in [-0.1, -0.05) is 0 Å². The molecule has 94 valence electrons. The van der Waals surface area contributed by atoms with E-state index in [4.69, 9.17) is 5.11 Å². The van der Waals surface area contributed by atoms with Crippen LogP contribution in [0.15, 0.2) is 0 Å². The molecule has 0 aliphatic rings. The van der Waals surface area contributed by atoms with Crippen LogP contribution in [-0.2, 0) is 19.4 Å². The highest BCUT2D eigenvalue weighted by Gasteiger charge is 2.21. The van der Waals surface area contributed by atoms with E-state index in [0.717, 1.165) is 6.26 Å². The molecule has 0 aliphatic heterocycles. The molecule has 0 aliphatic carbocycles. The van der Waals surface area contributed by atoms with Crippen LogP contribution >= 0.6 is 11.8 Å². The lowest BCUT2D eigenvalue weighted by Gasteiger charge is -2.13. The number of amides is 1.